The molecule has 0 N–H and O–H groups in total. The molecular formula is C22H19N3O2. The van der Waals surface area contributed by atoms with Crippen molar-refractivity contribution in [3.8, 4) is 29.1 Å². The lowest BCUT2D eigenvalue weighted by Gasteiger charge is -2.42. The molecule has 0 radical (unpaired) electrons. The maximum Gasteiger partial charge on any atom is 0.205 e. The van der Waals surface area contributed by atoms with E-state index in [0.717, 1.165) is 41.0 Å². The summed E-state index contributed by atoms with van der Waals surface area (Å²) in [7, 11) is 0. The van der Waals surface area contributed by atoms with E-state index in [4.69, 9.17) is 14.7 Å². The molecular weight excluding hydrogens is 338 g/mol. The molecule has 1 spiro atoms. The second-order valence-corrected chi connectivity index (χ2v) is 7.18. The van der Waals surface area contributed by atoms with E-state index in [1.807, 2.05) is 42.6 Å². The van der Waals surface area contributed by atoms with Crippen LogP contribution < -0.4 is 4.74 Å². The first kappa shape index (κ1) is 17.3. The number of hydrogen-bond donors (Lipinski definition) is 0. The zero-order valence-electron chi connectivity index (χ0n) is 15.1. The summed E-state index contributed by atoms with van der Waals surface area (Å²) >= 11 is 0. The quantitative estimate of drug-likeness (QED) is 0.716. The van der Waals surface area contributed by atoms with E-state index in [9.17, 15) is 5.26 Å². The molecule has 0 amide bonds. The van der Waals surface area contributed by atoms with E-state index >= 15 is 0 Å². The van der Waals surface area contributed by atoms with Crippen molar-refractivity contribution in [3.63, 3.8) is 0 Å². The molecule has 1 fully saturated rings. The molecule has 0 unspecified atom stereocenters. The van der Waals surface area contributed by atoms with E-state index in [1.165, 1.54) is 0 Å². The van der Waals surface area contributed by atoms with Crippen molar-refractivity contribution in [2.45, 2.75) is 37.9 Å². The van der Waals surface area contributed by atoms with E-state index in [0.29, 0.717) is 18.6 Å². The lowest BCUT2D eigenvalue weighted by atomic mass is 9.83. The second kappa shape index (κ2) is 6.87. The fourth-order valence-corrected chi connectivity index (χ4v) is 3.76. The Hall–Kier alpha value is -3.15. The summed E-state index contributed by atoms with van der Waals surface area (Å²) in [6.07, 6.45) is 4.52. The molecule has 2 aliphatic heterocycles. The summed E-state index contributed by atoms with van der Waals surface area (Å²) in [5.41, 5.74) is 3.64. The molecule has 5 heteroatoms. The lowest BCUT2D eigenvalue weighted by molar-refractivity contribution is -0.0974. The Kier molecular flexibility index (Phi) is 4.39. The number of fused-ring (bicyclic) bond motifs is 1. The summed E-state index contributed by atoms with van der Waals surface area (Å²) in [6, 6.07) is 15.5. The monoisotopic (exact) mass is 357 g/mol. The van der Waals surface area contributed by atoms with Gasteiger partial charge in [-0.2, -0.15) is 15.5 Å². The Bertz CT molecular complexity index is 989. The van der Waals surface area contributed by atoms with Gasteiger partial charge in [-0.15, -0.1) is 0 Å². The molecule has 4 rings (SSSR count). The molecule has 1 saturated heterocycles. The Labute approximate surface area is 158 Å². The van der Waals surface area contributed by atoms with E-state index in [1.54, 1.807) is 6.07 Å². The molecule has 2 heterocycles. The lowest BCUT2D eigenvalue weighted by Crippen LogP contribution is -2.50. The number of ether oxygens (including phenoxy) is 2. The van der Waals surface area contributed by atoms with Gasteiger partial charge in [0.1, 0.15) is 11.4 Å². The average Bonchev–Trinajstić information content (AvgIpc) is 2.70. The minimum atomic E-state index is -0.447. The molecule has 134 valence electrons. The zero-order valence-corrected chi connectivity index (χ0v) is 15.1. The highest BCUT2D eigenvalue weighted by atomic mass is 16.6. The molecule has 5 nitrogen and oxygen atoms in total. The smallest absolute Gasteiger partial charge is 0.205 e. The highest BCUT2D eigenvalue weighted by Crippen LogP contribution is 2.40. The Morgan fingerprint density at radius 1 is 1.15 bits per heavy atom. The molecule has 2 aromatic rings. The van der Waals surface area contributed by atoms with Crippen molar-refractivity contribution < 1.29 is 9.47 Å². The predicted octanol–water partition coefficient (Wildman–Crippen LogP) is 4.22. The molecule has 2 atom stereocenters. The molecule has 0 bridgehead atoms. The van der Waals surface area contributed by atoms with Gasteiger partial charge in [0.25, 0.3) is 0 Å². The van der Waals surface area contributed by atoms with Crippen LogP contribution in [-0.2, 0) is 4.74 Å². The maximum atomic E-state index is 9.18. The van der Waals surface area contributed by atoms with Crippen LogP contribution in [0.4, 0.5) is 0 Å². The average molecular weight is 357 g/mol. The molecule has 0 saturated carbocycles. The molecule has 2 aromatic carbocycles. The van der Waals surface area contributed by atoms with Crippen LogP contribution in [0.15, 0.2) is 47.5 Å². The second-order valence-electron chi connectivity index (χ2n) is 7.18. The summed E-state index contributed by atoms with van der Waals surface area (Å²) in [4.78, 5) is 4.10. The van der Waals surface area contributed by atoms with Gasteiger partial charge in [0.2, 0.25) is 6.19 Å². The van der Waals surface area contributed by atoms with Crippen molar-refractivity contribution in [1.29, 1.82) is 10.5 Å². The van der Waals surface area contributed by atoms with Crippen molar-refractivity contribution >= 4 is 5.71 Å². The first-order valence-corrected chi connectivity index (χ1v) is 9.04. The van der Waals surface area contributed by atoms with Gasteiger partial charge >= 0.3 is 0 Å². The molecule has 2 aliphatic rings. The summed E-state index contributed by atoms with van der Waals surface area (Å²) in [5, 5.41) is 18.3. The number of aliphatic imine (C=N–C) groups is 1. The number of hydrogen-bond acceptors (Lipinski definition) is 5. The fraction of sp³-hybridized carbons (Fsp3) is 0.318. The largest absolute Gasteiger partial charge is 0.484 e. The van der Waals surface area contributed by atoms with Crippen LogP contribution in [0, 0.1) is 22.8 Å². The van der Waals surface area contributed by atoms with Crippen molar-refractivity contribution in [3.05, 3.63) is 53.6 Å². The topological polar surface area (TPSA) is 78.4 Å². The maximum absolute atomic E-state index is 9.18. The third-order valence-corrected chi connectivity index (χ3v) is 5.25. The van der Waals surface area contributed by atoms with Gasteiger partial charge in [-0.1, -0.05) is 18.2 Å². The Morgan fingerprint density at radius 2 is 2.00 bits per heavy atom. The minimum Gasteiger partial charge on any atom is -0.484 e. The Balaban J connectivity index is 1.74. The van der Waals surface area contributed by atoms with Gasteiger partial charge in [-0.25, -0.2) is 0 Å². The van der Waals surface area contributed by atoms with Crippen LogP contribution in [0.5, 0.6) is 5.75 Å². The van der Waals surface area contributed by atoms with E-state index < -0.39 is 5.60 Å². The first-order valence-electron chi connectivity index (χ1n) is 9.04. The molecule has 0 aliphatic carbocycles. The van der Waals surface area contributed by atoms with Crippen molar-refractivity contribution in [2.75, 3.05) is 6.61 Å². The minimum absolute atomic E-state index is 0.228. The highest BCUT2D eigenvalue weighted by molar-refractivity contribution is 6.05. The van der Waals surface area contributed by atoms with E-state index in [-0.39, 0.29) is 6.10 Å². The first-order chi connectivity index (χ1) is 13.1. The van der Waals surface area contributed by atoms with Gasteiger partial charge in [-0.3, -0.25) is 0 Å². The van der Waals surface area contributed by atoms with E-state index in [2.05, 4.69) is 18.0 Å². The van der Waals surface area contributed by atoms with Gasteiger partial charge in [-0.05, 0) is 55.2 Å². The zero-order chi connectivity index (χ0) is 18.9. The van der Waals surface area contributed by atoms with Crippen LogP contribution in [0.25, 0.3) is 11.1 Å². The molecule has 0 aromatic heterocycles. The standard InChI is InChI=1S/C22H19N3O2/c1-15-7-8-22(13-26-15)11-20(25-14-24)19-10-18(5-6-21(19)27-22)17-4-2-3-16(9-17)12-23/h2-6,9-10,15H,7-8,11,13H2,1H3/b25-20+/t15-,22+/m1/s1. The van der Waals surface area contributed by atoms with Crippen LogP contribution in [0.2, 0.25) is 0 Å². The SMILES string of the molecule is C[C@@H]1CC[C@@]2(CO1)C/C(=N\C#N)c1cc(-c3cccc(C#N)c3)ccc1O2. The van der Waals surface area contributed by atoms with Gasteiger partial charge < -0.3 is 9.47 Å². The van der Waals surface area contributed by atoms with Crippen LogP contribution >= 0.6 is 0 Å². The highest BCUT2D eigenvalue weighted by Gasteiger charge is 2.42. The van der Waals surface area contributed by atoms with Crippen LogP contribution in [-0.4, -0.2) is 24.0 Å². The number of nitriles is 2. The predicted molar refractivity (Wildman–Crippen MR) is 101 cm³/mol. The summed E-state index contributed by atoms with van der Waals surface area (Å²) < 4.78 is 12.2. The third-order valence-electron chi connectivity index (χ3n) is 5.25. The van der Waals surface area contributed by atoms with Gasteiger partial charge in [0, 0.05) is 12.0 Å². The van der Waals surface area contributed by atoms with Gasteiger partial charge in [0.05, 0.1) is 30.1 Å². The normalized spacial score (nSPS) is 25.3. The van der Waals surface area contributed by atoms with Crippen LogP contribution in [0.3, 0.4) is 0 Å². The van der Waals surface area contributed by atoms with Crippen molar-refractivity contribution in [2.24, 2.45) is 4.99 Å². The Morgan fingerprint density at radius 3 is 2.74 bits per heavy atom. The summed E-state index contributed by atoms with van der Waals surface area (Å²) in [6.45, 7) is 2.57. The summed E-state index contributed by atoms with van der Waals surface area (Å²) in [5.74, 6) is 0.730. The third kappa shape index (κ3) is 3.30. The number of benzene rings is 2. The number of rotatable bonds is 1. The molecule has 27 heavy (non-hydrogen) atoms. The van der Waals surface area contributed by atoms with Crippen LogP contribution in [0.1, 0.15) is 37.3 Å². The van der Waals surface area contributed by atoms with Gasteiger partial charge in [0.15, 0.2) is 0 Å². The van der Waals surface area contributed by atoms with Crippen molar-refractivity contribution in [1.82, 2.24) is 0 Å². The fourth-order valence-electron chi connectivity index (χ4n) is 3.76. The number of nitrogens with zero attached hydrogens (tertiary/aromatic N) is 3.